The fraction of sp³-hybridized carbons (Fsp3) is 0.250. The highest BCUT2D eigenvalue weighted by Gasteiger charge is 2.19. The normalized spacial score (nSPS) is 10.9. The summed E-state index contributed by atoms with van der Waals surface area (Å²) in [6.07, 6.45) is 0. The van der Waals surface area contributed by atoms with Crippen molar-refractivity contribution < 1.29 is 19.0 Å². The second kappa shape index (κ2) is 5.69. The van der Waals surface area contributed by atoms with Crippen molar-refractivity contribution >= 4 is 0 Å². The molecule has 2 aromatic carbocycles. The molecule has 2 nitrogen and oxygen atoms in total. The van der Waals surface area contributed by atoms with Crippen molar-refractivity contribution in [3.63, 3.8) is 0 Å². The second-order valence-corrected chi connectivity index (χ2v) is 4.73. The van der Waals surface area contributed by atoms with Crippen LogP contribution in [0.25, 0.3) is 11.1 Å². The average Bonchev–Trinajstić information content (AvgIpc) is 2.42. The predicted molar refractivity (Wildman–Crippen MR) is 73.1 cm³/mol. The van der Waals surface area contributed by atoms with E-state index >= 15 is 0 Å². The highest BCUT2D eigenvalue weighted by Crippen LogP contribution is 2.34. The summed E-state index contributed by atoms with van der Waals surface area (Å²) in [6, 6.07) is 5.41. The predicted octanol–water partition coefficient (Wildman–Crippen LogP) is 3.23. The number of hydrogen-bond acceptors (Lipinski definition) is 2. The number of benzene rings is 2. The lowest BCUT2D eigenvalue weighted by Crippen LogP contribution is -2.01. The van der Waals surface area contributed by atoms with E-state index in [-0.39, 0.29) is 24.3 Å². The van der Waals surface area contributed by atoms with E-state index in [2.05, 4.69) is 0 Å². The van der Waals surface area contributed by atoms with E-state index in [4.69, 9.17) is 0 Å². The van der Waals surface area contributed by atoms with Gasteiger partial charge in [-0.2, -0.15) is 0 Å². The van der Waals surface area contributed by atoms with Crippen LogP contribution in [0.15, 0.2) is 24.3 Å². The van der Waals surface area contributed by atoms with Gasteiger partial charge in [-0.1, -0.05) is 12.1 Å². The Morgan fingerprint density at radius 2 is 1.10 bits per heavy atom. The Balaban J connectivity index is 2.81. The molecule has 2 aromatic rings. The molecular formula is C16H16F2O2. The van der Waals surface area contributed by atoms with Gasteiger partial charge in [0.1, 0.15) is 11.6 Å². The number of aliphatic hydroxyl groups is 2. The van der Waals surface area contributed by atoms with Crippen molar-refractivity contribution in [2.45, 2.75) is 27.1 Å². The van der Waals surface area contributed by atoms with Crippen LogP contribution in [-0.4, -0.2) is 10.2 Å². The topological polar surface area (TPSA) is 40.5 Å². The minimum Gasteiger partial charge on any atom is -0.392 e. The molecule has 0 atom stereocenters. The molecule has 0 saturated heterocycles. The smallest absolute Gasteiger partial charge is 0.131 e. The van der Waals surface area contributed by atoms with Gasteiger partial charge in [0.05, 0.1) is 13.2 Å². The molecule has 0 spiro atoms. The van der Waals surface area contributed by atoms with Gasteiger partial charge in [0.25, 0.3) is 0 Å². The van der Waals surface area contributed by atoms with Gasteiger partial charge in [-0.25, -0.2) is 8.78 Å². The molecule has 0 aliphatic carbocycles. The molecule has 0 amide bonds. The maximum Gasteiger partial charge on any atom is 0.131 e. The van der Waals surface area contributed by atoms with Crippen molar-refractivity contribution in [2.75, 3.05) is 0 Å². The third-order valence-corrected chi connectivity index (χ3v) is 3.64. The molecule has 20 heavy (non-hydrogen) atoms. The fourth-order valence-corrected chi connectivity index (χ4v) is 2.40. The lowest BCUT2D eigenvalue weighted by atomic mass is 9.90. The van der Waals surface area contributed by atoms with Gasteiger partial charge in [-0.3, -0.25) is 0 Å². The van der Waals surface area contributed by atoms with Crippen LogP contribution in [0.1, 0.15) is 22.3 Å². The molecule has 0 radical (unpaired) electrons. The first kappa shape index (κ1) is 14.6. The minimum atomic E-state index is -0.545. The van der Waals surface area contributed by atoms with Crippen LogP contribution in [0.3, 0.4) is 0 Å². The largest absolute Gasteiger partial charge is 0.392 e. The number of hydrogen-bond donors (Lipinski definition) is 2. The summed E-state index contributed by atoms with van der Waals surface area (Å²) in [4.78, 5) is 0. The van der Waals surface area contributed by atoms with E-state index in [1.807, 2.05) is 0 Å². The van der Waals surface area contributed by atoms with Crippen molar-refractivity contribution in [1.82, 2.24) is 0 Å². The second-order valence-electron chi connectivity index (χ2n) is 4.73. The monoisotopic (exact) mass is 278 g/mol. The van der Waals surface area contributed by atoms with Gasteiger partial charge in [-0.15, -0.1) is 0 Å². The summed E-state index contributed by atoms with van der Waals surface area (Å²) < 4.78 is 28.3. The molecule has 0 fully saturated rings. The van der Waals surface area contributed by atoms with Gasteiger partial charge in [0, 0.05) is 11.1 Å². The van der Waals surface area contributed by atoms with Crippen LogP contribution >= 0.6 is 0 Å². The molecule has 0 aliphatic heterocycles. The van der Waals surface area contributed by atoms with Gasteiger partial charge < -0.3 is 10.2 Å². The first-order valence-corrected chi connectivity index (χ1v) is 6.29. The molecule has 0 saturated carbocycles. The van der Waals surface area contributed by atoms with Gasteiger partial charge in [0.2, 0.25) is 0 Å². The van der Waals surface area contributed by atoms with Crippen molar-refractivity contribution in [1.29, 1.82) is 0 Å². The SMILES string of the molecule is Cc1c(CO)ccc(F)c1-c1c(F)ccc(CO)c1C. The molecule has 0 bridgehead atoms. The Kier molecular flexibility index (Phi) is 4.16. The summed E-state index contributed by atoms with van der Waals surface area (Å²) >= 11 is 0. The zero-order valence-corrected chi connectivity index (χ0v) is 11.4. The van der Waals surface area contributed by atoms with Gasteiger partial charge in [-0.05, 0) is 48.2 Å². The Labute approximate surface area is 116 Å². The maximum atomic E-state index is 14.1. The summed E-state index contributed by atoms with van der Waals surface area (Å²) in [7, 11) is 0. The summed E-state index contributed by atoms with van der Waals surface area (Å²) in [5.41, 5.74) is 2.39. The molecule has 2 N–H and O–H groups in total. The van der Waals surface area contributed by atoms with Crippen LogP contribution in [0, 0.1) is 25.5 Å². The Morgan fingerprint density at radius 3 is 1.40 bits per heavy atom. The zero-order valence-electron chi connectivity index (χ0n) is 11.4. The van der Waals surface area contributed by atoms with Crippen LogP contribution in [0.4, 0.5) is 8.78 Å². The Morgan fingerprint density at radius 1 is 0.750 bits per heavy atom. The Bertz CT molecular complexity index is 594. The fourth-order valence-electron chi connectivity index (χ4n) is 2.40. The van der Waals surface area contributed by atoms with Crippen LogP contribution in [0.5, 0.6) is 0 Å². The van der Waals surface area contributed by atoms with Gasteiger partial charge >= 0.3 is 0 Å². The lowest BCUT2D eigenvalue weighted by molar-refractivity contribution is 0.280. The van der Waals surface area contributed by atoms with Crippen LogP contribution in [0.2, 0.25) is 0 Å². The summed E-state index contributed by atoms with van der Waals surface area (Å²) in [5, 5.41) is 18.5. The zero-order chi connectivity index (χ0) is 14.9. The molecule has 0 aromatic heterocycles. The van der Waals surface area contributed by atoms with Crippen LogP contribution in [-0.2, 0) is 13.2 Å². The summed E-state index contributed by atoms with van der Waals surface area (Å²) in [6.45, 7) is 2.82. The van der Waals surface area contributed by atoms with E-state index in [0.29, 0.717) is 22.3 Å². The number of aliphatic hydroxyl groups excluding tert-OH is 2. The van der Waals surface area contributed by atoms with Crippen molar-refractivity contribution in [2.24, 2.45) is 0 Å². The highest BCUT2D eigenvalue weighted by atomic mass is 19.1. The quantitative estimate of drug-likeness (QED) is 0.905. The van der Waals surface area contributed by atoms with E-state index in [1.165, 1.54) is 24.3 Å². The average molecular weight is 278 g/mol. The number of rotatable bonds is 3. The van der Waals surface area contributed by atoms with E-state index in [1.54, 1.807) is 13.8 Å². The third kappa shape index (κ3) is 2.32. The van der Waals surface area contributed by atoms with Crippen LogP contribution < -0.4 is 0 Å². The minimum absolute atomic E-state index is 0.141. The molecule has 0 heterocycles. The first-order valence-electron chi connectivity index (χ1n) is 6.29. The van der Waals surface area contributed by atoms with Crippen molar-refractivity contribution in [3.8, 4) is 11.1 Å². The standard InChI is InChI=1S/C16H16F2O2/c1-9-11(7-19)3-5-13(17)15(9)16-10(2)12(8-20)4-6-14(16)18/h3-6,19-20H,7-8H2,1-2H3. The molecule has 0 unspecified atom stereocenters. The van der Waals surface area contributed by atoms with Gasteiger partial charge in [0.15, 0.2) is 0 Å². The molecule has 2 rings (SSSR count). The van der Waals surface area contributed by atoms with E-state index in [9.17, 15) is 19.0 Å². The number of halogens is 2. The summed E-state index contributed by atoms with van der Waals surface area (Å²) in [5.74, 6) is -1.09. The molecule has 106 valence electrons. The lowest BCUT2D eigenvalue weighted by Gasteiger charge is -2.16. The Hall–Kier alpha value is -1.78. The maximum absolute atomic E-state index is 14.1. The molecular weight excluding hydrogens is 262 g/mol. The first-order chi connectivity index (χ1) is 9.51. The third-order valence-electron chi connectivity index (χ3n) is 3.64. The highest BCUT2D eigenvalue weighted by molar-refractivity contribution is 5.73. The molecule has 0 aliphatic rings. The van der Waals surface area contributed by atoms with E-state index < -0.39 is 11.6 Å². The molecule has 4 heteroatoms. The van der Waals surface area contributed by atoms with Crippen molar-refractivity contribution in [3.05, 3.63) is 58.2 Å². The van der Waals surface area contributed by atoms with E-state index in [0.717, 1.165) is 0 Å².